The van der Waals surface area contributed by atoms with E-state index in [0.29, 0.717) is 22.3 Å². The fraction of sp³-hybridized carbons (Fsp3) is 0.357. The summed E-state index contributed by atoms with van der Waals surface area (Å²) in [6.45, 7) is 4.17. The zero-order valence-corrected chi connectivity index (χ0v) is 14.7. The first-order chi connectivity index (χ1) is 10.7. The Morgan fingerprint density at radius 1 is 1.30 bits per heavy atom. The Labute approximate surface area is 139 Å². The van der Waals surface area contributed by atoms with E-state index >= 15 is 0 Å². The summed E-state index contributed by atoms with van der Waals surface area (Å²) in [6, 6.07) is 6.24. The predicted molar refractivity (Wildman–Crippen MR) is 91.3 cm³/mol. The number of hydrogen-bond acceptors (Lipinski definition) is 6. The summed E-state index contributed by atoms with van der Waals surface area (Å²) in [6.07, 6.45) is 1.86. The maximum Gasteiger partial charge on any atom is 0.257 e. The molecule has 23 heavy (non-hydrogen) atoms. The van der Waals surface area contributed by atoms with Crippen LogP contribution >= 0.6 is 11.3 Å². The van der Waals surface area contributed by atoms with Crippen LogP contribution in [0.15, 0.2) is 24.3 Å². The van der Waals surface area contributed by atoms with Crippen molar-refractivity contribution in [1.82, 2.24) is 10.2 Å². The number of carbonyl (C=O) groups is 1. The molecule has 0 aliphatic heterocycles. The van der Waals surface area contributed by atoms with Gasteiger partial charge in [-0.05, 0) is 24.1 Å². The smallest absolute Gasteiger partial charge is 0.257 e. The van der Waals surface area contributed by atoms with Crippen molar-refractivity contribution >= 4 is 38.1 Å². The van der Waals surface area contributed by atoms with Gasteiger partial charge in [0.15, 0.2) is 0 Å². The van der Waals surface area contributed by atoms with Crippen molar-refractivity contribution in [2.75, 3.05) is 16.3 Å². The van der Waals surface area contributed by atoms with Gasteiger partial charge in [0, 0.05) is 17.7 Å². The summed E-state index contributed by atoms with van der Waals surface area (Å²) in [5.41, 5.74) is 0.664. The van der Waals surface area contributed by atoms with Gasteiger partial charge in [0.05, 0.1) is 6.26 Å². The summed E-state index contributed by atoms with van der Waals surface area (Å²) in [5, 5.41) is 11.9. The monoisotopic (exact) mass is 354 g/mol. The molecule has 0 saturated heterocycles. The Balaban J connectivity index is 2.08. The molecule has 124 valence electrons. The first kappa shape index (κ1) is 17.4. The van der Waals surface area contributed by atoms with Crippen LogP contribution in [-0.4, -0.2) is 30.8 Å². The predicted octanol–water partition coefficient (Wildman–Crippen LogP) is 2.36. The van der Waals surface area contributed by atoms with Crippen molar-refractivity contribution in [2.45, 2.75) is 20.3 Å². The quantitative estimate of drug-likeness (QED) is 0.829. The van der Waals surface area contributed by atoms with Crippen LogP contribution in [0.5, 0.6) is 0 Å². The van der Waals surface area contributed by atoms with Crippen molar-refractivity contribution in [3.8, 4) is 0 Å². The van der Waals surface area contributed by atoms with E-state index < -0.39 is 10.0 Å². The van der Waals surface area contributed by atoms with Gasteiger partial charge in [-0.3, -0.25) is 14.8 Å². The maximum atomic E-state index is 12.2. The Morgan fingerprint density at radius 3 is 2.70 bits per heavy atom. The van der Waals surface area contributed by atoms with E-state index in [2.05, 4.69) is 34.1 Å². The fourth-order valence-corrected chi connectivity index (χ4v) is 3.35. The molecule has 1 aromatic carbocycles. The average Bonchev–Trinajstić information content (AvgIpc) is 2.83. The minimum atomic E-state index is -3.39. The van der Waals surface area contributed by atoms with E-state index in [4.69, 9.17) is 0 Å². The number of nitrogens with one attached hydrogen (secondary N) is 2. The lowest BCUT2D eigenvalue weighted by Crippen LogP contribution is -2.13. The molecule has 0 atom stereocenters. The van der Waals surface area contributed by atoms with Crippen LogP contribution in [0.1, 0.15) is 29.2 Å². The lowest BCUT2D eigenvalue weighted by atomic mass is 10.1. The van der Waals surface area contributed by atoms with Gasteiger partial charge in [0.2, 0.25) is 15.2 Å². The SMILES string of the molecule is CC(C)Cc1nnc(NC(=O)c2cccc(NS(C)(=O)=O)c2)s1. The molecule has 0 aliphatic carbocycles. The normalized spacial score (nSPS) is 11.5. The largest absolute Gasteiger partial charge is 0.296 e. The minimum Gasteiger partial charge on any atom is -0.296 e. The molecule has 9 heteroatoms. The molecular weight excluding hydrogens is 336 g/mol. The van der Waals surface area contributed by atoms with E-state index in [1.807, 2.05) is 0 Å². The molecule has 2 rings (SSSR count). The van der Waals surface area contributed by atoms with Crippen molar-refractivity contribution in [3.05, 3.63) is 34.8 Å². The Hall–Kier alpha value is -2.00. The lowest BCUT2D eigenvalue weighted by molar-refractivity contribution is 0.102. The molecule has 0 bridgehead atoms. The third kappa shape index (κ3) is 5.61. The number of nitrogens with zero attached hydrogens (tertiary/aromatic N) is 2. The standard InChI is InChI=1S/C14H18N4O3S2/c1-9(2)7-12-16-17-14(22-12)15-13(19)10-5-4-6-11(8-10)18-23(3,20)21/h4-6,8-9,18H,7H2,1-3H3,(H,15,17,19). The van der Waals surface area contributed by atoms with Crippen molar-refractivity contribution in [2.24, 2.45) is 5.92 Å². The van der Waals surface area contributed by atoms with E-state index in [-0.39, 0.29) is 5.91 Å². The second-order valence-corrected chi connectivity index (χ2v) is 8.32. The number of anilines is 2. The number of rotatable bonds is 6. The average molecular weight is 354 g/mol. The molecule has 7 nitrogen and oxygen atoms in total. The third-order valence-corrected chi connectivity index (χ3v) is 4.17. The van der Waals surface area contributed by atoms with Gasteiger partial charge in [0.25, 0.3) is 5.91 Å². The minimum absolute atomic E-state index is 0.331. The molecule has 1 heterocycles. The lowest BCUT2D eigenvalue weighted by Gasteiger charge is -2.06. The van der Waals surface area contributed by atoms with E-state index in [1.54, 1.807) is 18.2 Å². The summed E-state index contributed by atoms with van der Waals surface area (Å²) in [5.74, 6) is 0.0969. The molecule has 0 fully saturated rings. The van der Waals surface area contributed by atoms with Gasteiger partial charge in [-0.2, -0.15) is 0 Å². The maximum absolute atomic E-state index is 12.2. The van der Waals surface area contributed by atoms with E-state index in [1.165, 1.54) is 17.4 Å². The second-order valence-electron chi connectivity index (χ2n) is 5.51. The molecule has 2 aromatic rings. The Kier molecular flexibility index (Phi) is 5.32. The van der Waals surface area contributed by atoms with Crippen LogP contribution in [0.4, 0.5) is 10.8 Å². The summed E-state index contributed by atoms with van der Waals surface area (Å²) in [4.78, 5) is 12.2. The van der Waals surface area contributed by atoms with Crippen LogP contribution in [0.25, 0.3) is 0 Å². The Bertz CT molecular complexity index is 800. The zero-order valence-electron chi connectivity index (χ0n) is 13.0. The highest BCUT2D eigenvalue weighted by Gasteiger charge is 2.12. The number of amides is 1. The highest BCUT2D eigenvalue weighted by atomic mass is 32.2. The Morgan fingerprint density at radius 2 is 2.04 bits per heavy atom. The van der Waals surface area contributed by atoms with Crippen LogP contribution in [-0.2, 0) is 16.4 Å². The topological polar surface area (TPSA) is 101 Å². The highest BCUT2D eigenvalue weighted by Crippen LogP contribution is 2.20. The van der Waals surface area contributed by atoms with Crippen molar-refractivity contribution in [3.63, 3.8) is 0 Å². The summed E-state index contributed by atoms with van der Waals surface area (Å²) < 4.78 is 24.8. The highest BCUT2D eigenvalue weighted by molar-refractivity contribution is 7.92. The van der Waals surface area contributed by atoms with Crippen LogP contribution in [0, 0.1) is 5.92 Å². The summed E-state index contributed by atoms with van der Waals surface area (Å²) in [7, 11) is -3.39. The number of aromatic nitrogens is 2. The number of sulfonamides is 1. The third-order valence-electron chi connectivity index (χ3n) is 2.70. The molecule has 0 radical (unpaired) electrons. The van der Waals surface area contributed by atoms with Gasteiger partial charge in [-0.15, -0.1) is 10.2 Å². The first-order valence-corrected chi connectivity index (χ1v) is 9.65. The number of benzene rings is 1. The molecule has 0 saturated carbocycles. The van der Waals surface area contributed by atoms with Crippen LogP contribution < -0.4 is 10.0 Å². The number of carbonyl (C=O) groups excluding carboxylic acids is 1. The van der Waals surface area contributed by atoms with Crippen LogP contribution in [0.2, 0.25) is 0 Å². The van der Waals surface area contributed by atoms with Crippen molar-refractivity contribution < 1.29 is 13.2 Å². The fourth-order valence-electron chi connectivity index (χ4n) is 1.84. The molecule has 2 N–H and O–H groups in total. The van der Waals surface area contributed by atoms with Gasteiger partial charge >= 0.3 is 0 Å². The molecule has 0 spiro atoms. The van der Waals surface area contributed by atoms with Gasteiger partial charge in [0.1, 0.15) is 5.01 Å². The zero-order chi connectivity index (χ0) is 17.0. The van der Waals surface area contributed by atoms with Crippen LogP contribution in [0.3, 0.4) is 0 Å². The van der Waals surface area contributed by atoms with E-state index in [9.17, 15) is 13.2 Å². The summed E-state index contributed by atoms with van der Waals surface area (Å²) >= 11 is 1.33. The second kappa shape index (κ2) is 7.05. The van der Waals surface area contributed by atoms with E-state index in [0.717, 1.165) is 17.7 Å². The van der Waals surface area contributed by atoms with Gasteiger partial charge in [-0.1, -0.05) is 31.3 Å². The molecule has 1 aromatic heterocycles. The molecular formula is C14H18N4O3S2. The van der Waals surface area contributed by atoms with Crippen molar-refractivity contribution in [1.29, 1.82) is 0 Å². The number of hydrogen-bond donors (Lipinski definition) is 2. The molecule has 0 aliphatic rings. The van der Waals surface area contributed by atoms with Gasteiger partial charge < -0.3 is 0 Å². The molecule has 0 unspecified atom stereocenters. The molecule has 1 amide bonds. The van der Waals surface area contributed by atoms with Gasteiger partial charge in [-0.25, -0.2) is 8.42 Å². The first-order valence-electron chi connectivity index (χ1n) is 6.94.